The van der Waals surface area contributed by atoms with E-state index in [1.165, 1.54) is 11.8 Å². The highest BCUT2D eigenvalue weighted by molar-refractivity contribution is 8.00. The molecule has 2 aromatic rings. The Bertz CT molecular complexity index is 669. The van der Waals surface area contributed by atoms with Crippen LogP contribution in [0.15, 0.2) is 48.8 Å². The predicted octanol–water partition coefficient (Wildman–Crippen LogP) is 2.42. The minimum atomic E-state index is -0.877. The van der Waals surface area contributed by atoms with Crippen molar-refractivity contribution in [1.29, 1.82) is 0 Å². The molecular weight excluding hydrogens is 288 g/mol. The fraction of sp³-hybridized carbons (Fsp3) is 0.200. The molecule has 0 saturated heterocycles. The highest BCUT2D eigenvalue weighted by atomic mass is 32.2. The van der Waals surface area contributed by atoms with Crippen LogP contribution in [0.4, 0.5) is 0 Å². The van der Waals surface area contributed by atoms with Crippen molar-refractivity contribution in [2.75, 3.05) is 5.75 Å². The van der Waals surface area contributed by atoms with Gasteiger partial charge in [-0.1, -0.05) is 18.2 Å². The molecule has 0 spiro atoms. The maximum absolute atomic E-state index is 12.5. The quantitative estimate of drug-likeness (QED) is 0.921. The van der Waals surface area contributed by atoms with Crippen LogP contribution in [0.2, 0.25) is 0 Å². The van der Waals surface area contributed by atoms with Crippen LogP contribution in [0.25, 0.3) is 0 Å². The summed E-state index contributed by atoms with van der Waals surface area (Å²) in [5, 5.41) is 8.64. The van der Waals surface area contributed by atoms with Gasteiger partial charge >= 0.3 is 5.97 Å². The second kappa shape index (κ2) is 5.65. The summed E-state index contributed by atoms with van der Waals surface area (Å²) in [6, 6.07) is 11.2. The van der Waals surface area contributed by atoms with Crippen LogP contribution in [0.1, 0.15) is 21.3 Å². The molecule has 1 aromatic carbocycles. The zero-order chi connectivity index (χ0) is 14.8. The fourth-order valence-corrected chi connectivity index (χ4v) is 3.47. The smallest absolute Gasteiger partial charge is 0.313 e. The van der Waals surface area contributed by atoms with Crippen LogP contribution >= 0.6 is 11.8 Å². The molecule has 3 rings (SSSR count). The number of carboxylic acid groups (broad SMARTS) is 1. The number of nitrogens with zero attached hydrogens (tertiary/aromatic N) is 2. The first-order valence-corrected chi connectivity index (χ1v) is 7.56. The van der Waals surface area contributed by atoms with E-state index >= 15 is 0 Å². The van der Waals surface area contributed by atoms with Crippen LogP contribution in [0, 0.1) is 0 Å². The van der Waals surface area contributed by atoms with E-state index in [-0.39, 0.29) is 17.0 Å². The minimum absolute atomic E-state index is 0.0333. The van der Waals surface area contributed by atoms with Gasteiger partial charge in [0, 0.05) is 18.0 Å². The molecule has 0 radical (unpaired) electrons. The average Bonchev–Trinajstić information content (AvgIpc) is 3.06. The lowest BCUT2D eigenvalue weighted by Gasteiger charge is -2.25. The Morgan fingerprint density at radius 3 is 2.62 bits per heavy atom. The van der Waals surface area contributed by atoms with Gasteiger partial charge in [0.15, 0.2) is 0 Å². The molecule has 1 aliphatic heterocycles. The van der Waals surface area contributed by atoms with E-state index in [1.807, 2.05) is 47.3 Å². The summed E-state index contributed by atoms with van der Waals surface area (Å²) in [5.41, 5.74) is 1.55. The maximum Gasteiger partial charge on any atom is 0.313 e. The molecule has 108 valence electrons. The average molecular weight is 302 g/mol. The lowest BCUT2D eigenvalue weighted by atomic mass is 10.1. The second-order valence-corrected chi connectivity index (χ2v) is 5.83. The number of hydrogen-bond donors (Lipinski definition) is 1. The van der Waals surface area contributed by atoms with E-state index in [4.69, 9.17) is 5.11 Å². The molecule has 1 atom stereocenters. The van der Waals surface area contributed by atoms with Crippen molar-refractivity contribution in [2.45, 2.75) is 12.0 Å². The number of thioether (sulfide) groups is 1. The number of carbonyl (C=O) groups excluding carboxylic acids is 1. The van der Waals surface area contributed by atoms with Crippen LogP contribution < -0.4 is 0 Å². The lowest BCUT2D eigenvalue weighted by molar-refractivity contribution is -0.133. The van der Waals surface area contributed by atoms with Crippen LogP contribution in [-0.4, -0.2) is 32.2 Å². The standard InChI is InChI=1S/C15H14N2O3S/c18-13(19)9-21-15-12-6-2-1-5-11(12)14(20)17(15)10-16-7-3-4-8-16/h1-8,15H,9-10H2,(H,18,19). The summed E-state index contributed by atoms with van der Waals surface area (Å²) in [4.78, 5) is 25.1. The topological polar surface area (TPSA) is 62.5 Å². The van der Waals surface area contributed by atoms with E-state index in [0.717, 1.165) is 5.56 Å². The Morgan fingerprint density at radius 2 is 1.90 bits per heavy atom. The molecule has 0 fully saturated rings. The molecule has 1 unspecified atom stereocenters. The minimum Gasteiger partial charge on any atom is -0.481 e. The molecule has 1 N–H and O–H groups in total. The summed E-state index contributed by atoms with van der Waals surface area (Å²) in [5.74, 6) is -0.964. The lowest BCUT2D eigenvalue weighted by Crippen LogP contribution is -2.29. The van der Waals surface area contributed by atoms with Gasteiger partial charge in [0.2, 0.25) is 0 Å². The SMILES string of the molecule is O=C(O)CSC1c2ccccc2C(=O)N1Cn1cccc1. The first-order valence-electron chi connectivity index (χ1n) is 6.51. The molecule has 6 heteroatoms. The van der Waals surface area contributed by atoms with Gasteiger partial charge in [0.1, 0.15) is 5.37 Å². The largest absolute Gasteiger partial charge is 0.481 e. The van der Waals surface area contributed by atoms with Gasteiger partial charge in [-0.3, -0.25) is 9.59 Å². The zero-order valence-electron chi connectivity index (χ0n) is 11.2. The van der Waals surface area contributed by atoms with Gasteiger partial charge in [-0.05, 0) is 23.8 Å². The molecule has 1 amide bonds. The molecule has 21 heavy (non-hydrogen) atoms. The Balaban J connectivity index is 1.90. The van der Waals surface area contributed by atoms with Crippen molar-refractivity contribution in [3.63, 3.8) is 0 Å². The molecule has 0 saturated carbocycles. The molecule has 1 aliphatic rings. The monoisotopic (exact) mass is 302 g/mol. The van der Waals surface area contributed by atoms with Gasteiger partial charge in [0.05, 0.1) is 12.4 Å². The summed E-state index contributed by atoms with van der Waals surface area (Å²) in [6.45, 7) is 0.414. The van der Waals surface area contributed by atoms with E-state index in [0.29, 0.717) is 12.2 Å². The van der Waals surface area contributed by atoms with E-state index in [2.05, 4.69) is 0 Å². The molecule has 2 heterocycles. The number of fused-ring (bicyclic) bond motifs is 1. The van der Waals surface area contributed by atoms with E-state index in [9.17, 15) is 9.59 Å². The van der Waals surface area contributed by atoms with Crippen molar-refractivity contribution in [3.8, 4) is 0 Å². The summed E-state index contributed by atoms with van der Waals surface area (Å²) >= 11 is 1.26. The number of carbonyl (C=O) groups is 2. The predicted molar refractivity (Wildman–Crippen MR) is 79.9 cm³/mol. The van der Waals surface area contributed by atoms with Gasteiger partial charge in [-0.25, -0.2) is 0 Å². The summed E-state index contributed by atoms with van der Waals surface area (Å²) in [6.07, 6.45) is 3.77. The Labute approximate surface area is 126 Å². The van der Waals surface area contributed by atoms with Crippen LogP contribution in [-0.2, 0) is 11.5 Å². The van der Waals surface area contributed by atoms with Crippen LogP contribution in [0.5, 0.6) is 0 Å². The normalized spacial score (nSPS) is 17.0. The number of amides is 1. The van der Waals surface area contributed by atoms with Crippen molar-refractivity contribution >= 4 is 23.6 Å². The number of carboxylic acids is 1. The third-order valence-corrected chi connectivity index (χ3v) is 4.59. The van der Waals surface area contributed by atoms with Gasteiger partial charge in [-0.2, -0.15) is 0 Å². The third kappa shape index (κ3) is 2.67. The molecule has 0 bridgehead atoms. The van der Waals surface area contributed by atoms with Crippen molar-refractivity contribution in [3.05, 3.63) is 59.9 Å². The van der Waals surface area contributed by atoms with E-state index < -0.39 is 5.97 Å². The van der Waals surface area contributed by atoms with Crippen molar-refractivity contribution < 1.29 is 14.7 Å². The van der Waals surface area contributed by atoms with Gasteiger partial charge in [0.25, 0.3) is 5.91 Å². The van der Waals surface area contributed by atoms with E-state index in [1.54, 1.807) is 11.0 Å². The van der Waals surface area contributed by atoms with Crippen molar-refractivity contribution in [2.24, 2.45) is 0 Å². The summed E-state index contributed by atoms with van der Waals surface area (Å²) < 4.78 is 1.90. The summed E-state index contributed by atoms with van der Waals surface area (Å²) in [7, 11) is 0. The van der Waals surface area contributed by atoms with Crippen molar-refractivity contribution in [1.82, 2.24) is 9.47 Å². The zero-order valence-corrected chi connectivity index (χ0v) is 12.0. The Kier molecular flexibility index (Phi) is 3.70. The number of rotatable bonds is 5. The molecule has 1 aromatic heterocycles. The number of hydrogen-bond acceptors (Lipinski definition) is 3. The number of aliphatic carboxylic acids is 1. The maximum atomic E-state index is 12.5. The Morgan fingerprint density at radius 1 is 1.19 bits per heavy atom. The fourth-order valence-electron chi connectivity index (χ4n) is 2.44. The Hall–Kier alpha value is -2.21. The van der Waals surface area contributed by atoms with Crippen LogP contribution in [0.3, 0.4) is 0 Å². The third-order valence-electron chi connectivity index (χ3n) is 3.35. The highest BCUT2D eigenvalue weighted by Gasteiger charge is 2.36. The first kappa shape index (κ1) is 13.8. The molecular formula is C15H14N2O3S. The number of benzene rings is 1. The number of aromatic nitrogens is 1. The van der Waals surface area contributed by atoms with Gasteiger partial charge < -0.3 is 14.6 Å². The molecule has 5 nitrogen and oxygen atoms in total. The van der Waals surface area contributed by atoms with Gasteiger partial charge in [-0.15, -0.1) is 11.8 Å². The highest BCUT2D eigenvalue weighted by Crippen LogP contribution is 2.41. The molecule has 0 aliphatic carbocycles. The second-order valence-electron chi connectivity index (χ2n) is 4.76. The first-order chi connectivity index (χ1) is 10.2.